The molecule has 7 heteroatoms. The van der Waals surface area contributed by atoms with Gasteiger partial charge in [0.2, 0.25) is 0 Å². The van der Waals surface area contributed by atoms with E-state index in [2.05, 4.69) is 33.1 Å². The summed E-state index contributed by atoms with van der Waals surface area (Å²) in [7, 11) is 3.43. The van der Waals surface area contributed by atoms with E-state index in [1.165, 1.54) is 5.56 Å². The van der Waals surface area contributed by atoms with Crippen LogP contribution in [0.3, 0.4) is 0 Å². The first-order chi connectivity index (χ1) is 14.7. The molecule has 0 aliphatic carbocycles. The third-order valence-corrected chi connectivity index (χ3v) is 5.12. The van der Waals surface area contributed by atoms with Crippen LogP contribution in [-0.4, -0.2) is 50.7 Å². The first kappa shape index (κ1) is 21.5. The highest BCUT2D eigenvalue weighted by molar-refractivity contribution is 5.89. The number of nitrogens with zero attached hydrogens (tertiary/aromatic N) is 2. The number of hydrogen-bond donors (Lipinski definition) is 3. The lowest BCUT2D eigenvalue weighted by Gasteiger charge is -2.17. The average molecular weight is 410 g/mol. The van der Waals surface area contributed by atoms with Crippen LogP contribution in [-0.2, 0) is 13.0 Å². The smallest absolute Gasteiger partial charge is 0.321 e. The van der Waals surface area contributed by atoms with Gasteiger partial charge in [0.1, 0.15) is 5.75 Å². The van der Waals surface area contributed by atoms with Crippen molar-refractivity contribution in [3.8, 4) is 5.75 Å². The number of nitrogens with one attached hydrogen (secondary N) is 3. The number of urea groups is 1. The molecule has 1 fully saturated rings. The van der Waals surface area contributed by atoms with Crippen LogP contribution in [0.1, 0.15) is 24.0 Å². The number of ether oxygens (including phenoxy) is 1. The summed E-state index contributed by atoms with van der Waals surface area (Å²) in [6, 6.07) is 16.0. The normalized spacial score (nSPS) is 13.8. The Morgan fingerprint density at radius 3 is 2.53 bits per heavy atom. The van der Waals surface area contributed by atoms with Crippen LogP contribution in [0.5, 0.6) is 5.75 Å². The molecule has 0 saturated carbocycles. The van der Waals surface area contributed by atoms with E-state index < -0.39 is 0 Å². The molecule has 0 unspecified atom stereocenters. The zero-order valence-electron chi connectivity index (χ0n) is 17.8. The Morgan fingerprint density at radius 2 is 1.83 bits per heavy atom. The Balaban J connectivity index is 1.44. The molecule has 1 heterocycles. The second-order valence-electron chi connectivity index (χ2n) is 7.28. The highest BCUT2D eigenvalue weighted by atomic mass is 16.5. The Bertz CT molecular complexity index is 845. The third-order valence-electron chi connectivity index (χ3n) is 5.12. The van der Waals surface area contributed by atoms with E-state index in [0.717, 1.165) is 61.9 Å². The van der Waals surface area contributed by atoms with Crippen LogP contribution in [0, 0.1) is 0 Å². The van der Waals surface area contributed by atoms with E-state index in [1.807, 2.05) is 41.3 Å². The van der Waals surface area contributed by atoms with Gasteiger partial charge in [-0.05, 0) is 54.7 Å². The quantitative estimate of drug-likeness (QED) is 0.485. The zero-order valence-corrected chi connectivity index (χ0v) is 17.8. The number of methoxy groups -OCH3 is 1. The lowest BCUT2D eigenvalue weighted by Crippen LogP contribution is -2.37. The largest absolute Gasteiger partial charge is 0.497 e. The van der Waals surface area contributed by atoms with E-state index in [-0.39, 0.29) is 6.03 Å². The number of carbonyl (C=O) groups is 1. The van der Waals surface area contributed by atoms with Crippen molar-refractivity contribution in [1.29, 1.82) is 0 Å². The molecule has 30 heavy (non-hydrogen) atoms. The molecule has 0 spiro atoms. The molecule has 1 aliphatic heterocycles. The summed E-state index contributed by atoms with van der Waals surface area (Å²) in [6.07, 6.45) is 3.06. The minimum atomic E-state index is -0.0198. The summed E-state index contributed by atoms with van der Waals surface area (Å²) in [5.74, 6) is 1.61. The van der Waals surface area contributed by atoms with Crippen molar-refractivity contribution >= 4 is 17.7 Å². The minimum absolute atomic E-state index is 0.0198. The van der Waals surface area contributed by atoms with Gasteiger partial charge in [-0.2, -0.15) is 0 Å². The summed E-state index contributed by atoms with van der Waals surface area (Å²) in [5.41, 5.74) is 3.13. The van der Waals surface area contributed by atoms with Gasteiger partial charge in [-0.3, -0.25) is 4.99 Å². The monoisotopic (exact) mass is 409 g/mol. The van der Waals surface area contributed by atoms with Crippen molar-refractivity contribution in [1.82, 2.24) is 15.5 Å². The SMILES string of the molecule is CN=C(NCCc1ccc(OC)cc1)NCc1cccc(NC(=O)N2CCCC2)c1. The summed E-state index contributed by atoms with van der Waals surface area (Å²) in [5, 5.41) is 9.64. The Hall–Kier alpha value is -3.22. The Morgan fingerprint density at radius 1 is 1.07 bits per heavy atom. The molecule has 7 nitrogen and oxygen atoms in total. The summed E-state index contributed by atoms with van der Waals surface area (Å²) >= 11 is 0. The molecule has 0 aromatic heterocycles. The molecule has 1 saturated heterocycles. The van der Waals surface area contributed by atoms with E-state index in [4.69, 9.17) is 4.74 Å². The molecule has 0 atom stereocenters. The van der Waals surface area contributed by atoms with Crippen LogP contribution in [0.25, 0.3) is 0 Å². The van der Waals surface area contributed by atoms with E-state index in [0.29, 0.717) is 6.54 Å². The number of aliphatic imine (C=N–C) groups is 1. The maximum atomic E-state index is 12.3. The second-order valence-corrected chi connectivity index (χ2v) is 7.28. The highest BCUT2D eigenvalue weighted by Gasteiger charge is 2.17. The van der Waals surface area contributed by atoms with Crippen molar-refractivity contribution in [3.05, 3.63) is 59.7 Å². The fourth-order valence-electron chi connectivity index (χ4n) is 3.41. The van der Waals surface area contributed by atoms with Crippen LogP contribution < -0.4 is 20.7 Å². The molecule has 1 aliphatic rings. The van der Waals surface area contributed by atoms with E-state index in [1.54, 1.807) is 14.2 Å². The fraction of sp³-hybridized carbons (Fsp3) is 0.391. The molecular weight excluding hydrogens is 378 g/mol. The number of amides is 2. The molecule has 160 valence electrons. The summed E-state index contributed by atoms with van der Waals surface area (Å²) in [4.78, 5) is 18.4. The summed E-state index contributed by atoms with van der Waals surface area (Å²) in [6.45, 7) is 3.07. The van der Waals surface area contributed by atoms with Crippen molar-refractivity contribution < 1.29 is 9.53 Å². The average Bonchev–Trinajstić information content (AvgIpc) is 3.32. The number of guanidine groups is 1. The van der Waals surface area contributed by atoms with Gasteiger partial charge in [-0.25, -0.2) is 4.79 Å². The number of benzene rings is 2. The Labute approximate surface area is 178 Å². The molecule has 3 N–H and O–H groups in total. The lowest BCUT2D eigenvalue weighted by atomic mass is 10.1. The zero-order chi connectivity index (χ0) is 21.2. The Kier molecular flexibility index (Phi) is 7.94. The summed E-state index contributed by atoms with van der Waals surface area (Å²) < 4.78 is 5.19. The molecule has 2 aromatic rings. The first-order valence-corrected chi connectivity index (χ1v) is 10.4. The van der Waals surface area contributed by atoms with Crippen LogP contribution >= 0.6 is 0 Å². The lowest BCUT2D eigenvalue weighted by molar-refractivity contribution is 0.222. The topological polar surface area (TPSA) is 78.0 Å². The number of likely N-dealkylation sites (tertiary alicyclic amines) is 1. The van der Waals surface area contributed by atoms with Crippen LogP contribution in [0.2, 0.25) is 0 Å². The number of anilines is 1. The number of rotatable bonds is 7. The van der Waals surface area contributed by atoms with E-state index in [9.17, 15) is 4.79 Å². The van der Waals surface area contributed by atoms with Crippen LogP contribution in [0.15, 0.2) is 53.5 Å². The molecule has 2 amide bonds. The van der Waals surface area contributed by atoms with Crippen molar-refractivity contribution in [2.24, 2.45) is 4.99 Å². The number of hydrogen-bond acceptors (Lipinski definition) is 3. The standard InChI is InChI=1S/C23H31N5O2/c1-24-22(25-13-12-18-8-10-21(30-2)11-9-18)26-17-19-6-5-7-20(16-19)27-23(29)28-14-3-4-15-28/h5-11,16H,3-4,12-15,17H2,1-2H3,(H,27,29)(H2,24,25,26). The first-order valence-electron chi connectivity index (χ1n) is 10.4. The van der Waals surface area contributed by atoms with Gasteiger partial charge in [0.05, 0.1) is 7.11 Å². The fourth-order valence-corrected chi connectivity index (χ4v) is 3.41. The minimum Gasteiger partial charge on any atom is -0.497 e. The maximum absolute atomic E-state index is 12.3. The molecule has 2 aromatic carbocycles. The van der Waals surface area contributed by atoms with Gasteiger partial charge >= 0.3 is 6.03 Å². The third kappa shape index (κ3) is 6.40. The molecule has 0 radical (unpaired) electrons. The maximum Gasteiger partial charge on any atom is 0.321 e. The van der Waals surface area contributed by atoms with Gasteiger partial charge in [-0.15, -0.1) is 0 Å². The van der Waals surface area contributed by atoms with Crippen molar-refractivity contribution in [2.45, 2.75) is 25.8 Å². The van der Waals surface area contributed by atoms with E-state index >= 15 is 0 Å². The molecule has 3 rings (SSSR count). The van der Waals surface area contributed by atoms with Gasteiger partial charge < -0.3 is 25.6 Å². The predicted molar refractivity (Wildman–Crippen MR) is 121 cm³/mol. The van der Waals surface area contributed by atoms with Gasteiger partial charge in [0, 0.05) is 38.9 Å². The highest BCUT2D eigenvalue weighted by Crippen LogP contribution is 2.14. The van der Waals surface area contributed by atoms with Crippen molar-refractivity contribution in [3.63, 3.8) is 0 Å². The van der Waals surface area contributed by atoms with Gasteiger partial charge in [0.15, 0.2) is 5.96 Å². The number of carbonyl (C=O) groups excluding carboxylic acids is 1. The molecular formula is C23H31N5O2. The second kappa shape index (κ2) is 11.1. The van der Waals surface area contributed by atoms with Gasteiger partial charge in [0.25, 0.3) is 0 Å². The predicted octanol–water partition coefficient (Wildman–Crippen LogP) is 3.23. The van der Waals surface area contributed by atoms with Crippen LogP contribution in [0.4, 0.5) is 10.5 Å². The van der Waals surface area contributed by atoms with Crippen molar-refractivity contribution in [2.75, 3.05) is 39.1 Å². The molecule has 0 bridgehead atoms. The van der Waals surface area contributed by atoms with Gasteiger partial charge in [-0.1, -0.05) is 24.3 Å².